The van der Waals surface area contributed by atoms with Crippen molar-refractivity contribution >= 4 is 29.6 Å². The van der Waals surface area contributed by atoms with E-state index in [0.717, 1.165) is 29.7 Å². The topological polar surface area (TPSA) is 20.3 Å². The second-order valence-electron chi connectivity index (χ2n) is 5.53. The van der Waals surface area contributed by atoms with Crippen LogP contribution in [0.15, 0.2) is 59.4 Å². The molecule has 0 saturated heterocycles. The van der Waals surface area contributed by atoms with E-state index in [1.807, 2.05) is 41.4 Å². The molecule has 0 radical (unpaired) electrons. The van der Waals surface area contributed by atoms with Crippen molar-refractivity contribution in [2.24, 2.45) is 11.8 Å². The molecule has 0 aromatic rings. The summed E-state index contributed by atoms with van der Waals surface area (Å²) in [5, 5.41) is 0. The number of amides is 1. The summed E-state index contributed by atoms with van der Waals surface area (Å²) in [4.78, 5) is 13.4. The predicted molar refractivity (Wildman–Crippen MR) is 80.3 cm³/mol. The van der Waals surface area contributed by atoms with E-state index in [4.69, 9.17) is 23.2 Å². The minimum Gasteiger partial charge on any atom is -0.307 e. The lowest BCUT2D eigenvalue weighted by molar-refractivity contribution is -0.117. The van der Waals surface area contributed by atoms with Gasteiger partial charge in [0.15, 0.2) is 0 Å². The number of nitrogens with zero attached hydrogens (tertiary/aromatic N) is 1. The Morgan fingerprint density at radius 1 is 1.30 bits per heavy atom. The molecule has 1 heterocycles. The average Bonchev–Trinajstić information content (AvgIpc) is 3.06. The summed E-state index contributed by atoms with van der Waals surface area (Å²) in [5.41, 5.74) is 3.18. The fourth-order valence-electron chi connectivity index (χ4n) is 3.65. The molecule has 1 saturated carbocycles. The standard InChI is InChI=1S/C16H13Cl2NO/c17-16(18)14-10-5-1-3-7-12(10)19(9-20)13-8-4-2-6-11(13)15(14)16/h1-5,7-9,11-12,15H,6H2. The first-order valence-corrected chi connectivity index (χ1v) is 7.49. The zero-order valence-electron chi connectivity index (χ0n) is 10.7. The van der Waals surface area contributed by atoms with E-state index in [9.17, 15) is 4.79 Å². The van der Waals surface area contributed by atoms with Gasteiger partial charge in [0, 0.05) is 17.5 Å². The third-order valence-electron chi connectivity index (χ3n) is 4.57. The Bertz CT molecular complexity index is 639. The summed E-state index contributed by atoms with van der Waals surface area (Å²) in [6.45, 7) is 0. The Labute approximate surface area is 127 Å². The summed E-state index contributed by atoms with van der Waals surface area (Å²) in [7, 11) is 0. The first kappa shape index (κ1) is 12.5. The number of hydrogen-bond donors (Lipinski definition) is 0. The molecule has 3 unspecified atom stereocenters. The zero-order chi connectivity index (χ0) is 13.9. The van der Waals surface area contributed by atoms with E-state index in [1.54, 1.807) is 0 Å². The smallest absolute Gasteiger partial charge is 0.214 e. The lowest BCUT2D eigenvalue weighted by Gasteiger charge is -2.34. The van der Waals surface area contributed by atoms with Gasteiger partial charge >= 0.3 is 0 Å². The molecule has 0 spiro atoms. The third kappa shape index (κ3) is 1.49. The highest BCUT2D eigenvalue weighted by Gasteiger charge is 2.65. The van der Waals surface area contributed by atoms with Gasteiger partial charge in [-0.3, -0.25) is 4.79 Å². The van der Waals surface area contributed by atoms with Crippen LogP contribution in [0.2, 0.25) is 0 Å². The fraction of sp³-hybridized carbons (Fsp3) is 0.312. The van der Waals surface area contributed by atoms with Crippen molar-refractivity contribution in [2.75, 3.05) is 0 Å². The molecular formula is C16H13Cl2NO. The van der Waals surface area contributed by atoms with Crippen molar-refractivity contribution in [2.45, 2.75) is 16.8 Å². The van der Waals surface area contributed by atoms with Crippen molar-refractivity contribution in [3.05, 3.63) is 59.4 Å². The summed E-state index contributed by atoms with van der Waals surface area (Å²) < 4.78 is -0.785. The van der Waals surface area contributed by atoms with Gasteiger partial charge in [-0.1, -0.05) is 59.7 Å². The summed E-state index contributed by atoms with van der Waals surface area (Å²) in [5.74, 6) is 0.302. The molecule has 3 aliphatic carbocycles. The monoisotopic (exact) mass is 305 g/mol. The highest BCUT2D eigenvalue weighted by molar-refractivity contribution is 6.54. The first-order valence-electron chi connectivity index (χ1n) is 6.74. The first-order chi connectivity index (χ1) is 9.66. The van der Waals surface area contributed by atoms with Gasteiger partial charge in [-0.2, -0.15) is 0 Å². The van der Waals surface area contributed by atoms with Gasteiger partial charge in [0.25, 0.3) is 0 Å². The normalized spacial score (nSPS) is 35.8. The molecule has 4 aliphatic rings. The number of alkyl halides is 2. The van der Waals surface area contributed by atoms with E-state index in [0.29, 0.717) is 0 Å². The van der Waals surface area contributed by atoms with Crippen LogP contribution in [0.5, 0.6) is 0 Å². The van der Waals surface area contributed by atoms with Crippen LogP contribution in [0.25, 0.3) is 0 Å². The molecule has 0 aromatic heterocycles. The molecule has 3 atom stereocenters. The molecule has 1 aliphatic heterocycles. The molecule has 2 nitrogen and oxygen atoms in total. The highest BCUT2D eigenvalue weighted by Crippen LogP contribution is 2.67. The highest BCUT2D eigenvalue weighted by atomic mass is 35.5. The van der Waals surface area contributed by atoms with E-state index in [-0.39, 0.29) is 17.9 Å². The summed E-state index contributed by atoms with van der Waals surface area (Å²) in [6.07, 6.45) is 15.9. The van der Waals surface area contributed by atoms with Gasteiger partial charge in [0.1, 0.15) is 4.33 Å². The fourth-order valence-corrected chi connectivity index (χ4v) is 4.52. The molecule has 0 bridgehead atoms. The number of carbonyl (C=O) groups excluding carboxylic acids is 1. The zero-order valence-corrected chi connectivity index (χ0v) is 12.2. The second-order valence-corrected chi connectivity index (χ2v) is 6.92. The lowest BCUT2D eigenvalue weighted by Crippen LogP contribution is -2.37. The molecule has 102 valence electrons. The second kappa shape index (κ2) is 4.12. The lowest BCUT2D eigenvalue weighted by atomic mass is 9.91. The van der Waals surface area contributed by atoms with E-state index >= 15 is 0 Å². The van der Waals surface area contributed by atoms with Crippen molar-refractivity contribution < 1.29 is 4.79 Å². The van der Waals surface area contributed by atoms with Crippen LogP contribution in [0, 0.1) is 11.8 Å². The number of carbonyl (C=O) groups is 1. The van der Waals surface area contributed by atoms with Crippen LogP contribution < -0.4 is 0 Å². The maximum atomic E-state index is 11.6. The average molecular weight is 306 g/mol. The largest absolute Gasteiger partial charge is 0.307 e. The van der Waals surface area contributed by atoms with Crippen molar-refractivity contribution in [1.82, 2.24) is 4.90 Å². The Morgan fingerprint density at radius 3 is 2.95 bits per heavy atom. The van der Waals surface area contributed by atoms with Crippen LogP contribution in [0.1, 0.15) is 6.42 Å². The maximum Gasteiger partial charge on any atom is 0.214 e. The SMILES string of the molecule is O=CN1C2=CC=CCC2C2C(=C3C=CC=CC31)C2(Cl)Cl. The maximum absolute atomic E-state index is 11.6. The molecule has 4 rings (SSSR count). The van der Waals surface area contributed by atoms with Gasteiger partial charge in [0.2, 0.25) is 6.41 Å². The minimum absolute atomic E-state index is 0.0860. The van der Waals surface area contributed by atoms with Gasteiger partial charge in [-0.05, 0) is 23.6 Å². The van der Waals surface area contributed by atoms with E-state index in [1.165, 1.54) is 0 Å². The van der Waals surface area contributed by atoms with Gasteiger partial charge in [-0.15, -0.1) is 0 Å². The summed E-state index contributed by atoms with van der Waals surface area (Å²) in [6, 6.07) is -0.0860. The van der Waals surface area contributed by atoms with Crippen LogP contribution in [-0.2, 0) is 4.79 Å². The molecule has 1 fully saturated rings. The number of rotatable bonds is 1. The van der Waals surface area contributed by atoms with Crippen molar-refractivity contribution in [1.29, 1.82) is 0 Å². The Morgan fingerprint density at radius 2 is 2.15 bits per heavy atom. The molecule has 4 heteroatoms. The molecule has 20 heavy (non-hydrogen) atoms. The van der Waals surface area contributed by atoms with Gasteiger partial charge < -0.3 is 4.90 Å². The van der Waals surface area contributed by atoms with Crippen molar-refractivity contribution in [3.8, 4) is 0 Å². The van der Waals surface area contributed by atoms with Crippen LogP contribution in [-0.4, -0.2) is 21.7 Å². The van der Waals surface area contributed by atoms with Crippen LogP contribution in [0.3, 0.4) is 0 Å². The third-order valence-corrected chi connectivity index (χ3v) is 5.45. The molecule has 1 amide bonds. The minimum atomic E-state index is -0.785. The quantitative estimate of drug-likeness (QED) is 0.536. The molecule has 0 N–H and O–H groups in total. The number of allylic oxidation sites excluding steroid dienone is 7. The van der Waals surface area contributed by atoms with E-state index in [2.05, 4.69) is 6.08 Å². The Hall–Kier alpha value is -1.25. The summed E-state index contributed by atoms with van der Waals surface area (Å²) >= 11 is 13.0. The van der Waals surface area contributed by atoms with Crippen molar-refractivity contribution in [3.63, 3.8) is 0 Å². The predicted octanol–water partition coefficient (Wildman–Crippen LogP) is 3.51. The Kier molecular flexibility index (Phi) is 2.57. The van der Waals surface area contributed by atoms with Crippen LogP contribution in [0.4, 0.5) is 0 Å². The molecular weight excluding hydrogens is 293 g/mol. The van der Waals surface area contributed by atoms with Crippen LogP contribution >= 0.6 is 23.2 Å². The van der Waals surface area contributed by atoms with Gasteiger partial charge in [-0.25, -0.2) is 0 Å². The van der Waals surface area contributed by atoms with Gasteiger partial charge in [0.05, 0.1) is 6.04 Å². The number of fused-ring (bicyclic) bond motifs is 4. The van der Waals surface area contributed by atoms with E-state index < -0.39 is 4.33 Å². The number of halogens is 2. The molecule has 0 aromatic carbocycles. The Balaban J connectivity index is 1.93. The number of hydrogen-bond acceptors (Lipinski definition) is 1.